The minimum Gasteiger partial charge on any atom is -0.395 e. The fraction of sp³-hybridized carbons (Fsp3) is 0.385. The first kappa shape index (κ1) is 13.9. The van der Waals surface area contributed by atoms with E-state index in [0.717, 1.165) is 0 Å². The minimum atomic E-state index is -1.47. The van der Waals surface area contributed by atoms with Crippen molar-refractivity contribution >= 4 is 28.2 Å². The fourth-order valence-corrected chi connectivity index (χ4v) is 3.39. The van der Waals surface area contributed by atoms with Gasteiger partial charge in [0.05, 0.1) is 28.0 Å². The molecule has 2 atom stereocenters. The summed E-state index contributed by atoms with van der Waals surface area (Å²) in [5, 5.41) is 8.37. The number of ketones is 1. The van der Waals surface area contributed by atoms with Crippen LogP contribution < -0.4 is 4.90 Å². The number of amides is 1. The number of aliphatic hydroxyl groups is 1. The molecule has 0 radical (unpaired) electrons. The summed E-state index contributed by atoms with van der Waals surface area (Å²) in [7, 11) is -1.47. The zero-order valence-corrected chi connectivity index (χ0v) is 11.6. The van der Waals surface area contributed by atoms with Gasteiger partial charge in [-0.25, -0.2) is 0 Å². The van der Waals surface area contributed by atoms with Gasteiger partial charge in [-0.2, -0.15) is 0 Å². The molecule has 1 aromatic rings. The Labute approximate surface area is 113 Å². The number of rotatable bonds is 3. The highest BCUT2D eigenvalue weighted by atomic mass is 32.2. The standard InChI is InChI=1S/C13H15NO4S/c1-8(16)10-3-4-11-12(7-10)19(18)9(2)13(17)14(11)5-6-15/h3-4,7,9,15H,5-6H2,1-2H3. The minimum absolute atomic E-state index is 0.113. The van der Waals surface area contributed by atoms with Gasteiger partial charge < -0.3 is 10.0 Å². The van der Waals surface area contributed by atoms with Gasteiger partial charge in [-0.3, -0.25) is 13.8 Å². The smallest absolute Gasteiger partial charge is 0.242 e. The molecule has 0 aromatic heterocycles. The van der Waals surface area contributed by atoms with Crippen LogP contribution >= 0.6 is 0 Å². The number of nitrogens with zero attached hydrogens (tertiary/aromatic N) is 1. The van der Waals surface area contributed by atoms with Crippen molar-refractivity contribution in [2.75, 3.05) is 18.1 Å². The van der Waals surface area contributed by atoms with E-state index in [4.69, 9.17) is 5.11 Å². The van der Waals surface area contributed by atoms with Crippen molar-refractivity contribution in [1.82, 2.24) is 0 Å². The number of hydrogen-bond acceptors (Lipinski definition) is 4. The second-order valence-corrected chi connectivity index (χ2v) is 6.13. The monoisotopic (exact) mass is 281 g/mol. The van der Waals surface area contributed by atoms with E-state index in [9.17, 15) is 13.8 Å². The van der Waals surface area contributed by atoms with Crippen LogP contribution in [0.1, 0.15) is 24.2 Å². The zero-order chi connectivity index (χ0) is 14.2. The summed E-state index contributed by atoms with van der Waals surface area (Å²) < 4.78 is 12.2. The third kappa shape index (κ3) is 2.33. The van der Waals surface area contributed by atoms with Crippen molar-refractivity contribution in [3.8, 4) is 0 Å². The Morgan fingerprint density at radius 2 is 2.16 bits per heavy atom. The molecule has 1 aromatic carbocycles. The van der Waals surface area contributed by atoms with Crippen LogP contribution in [0.15, 0.2) is 23.1 Å². The van der Waals surface area contributed by atoms with Crippen LogP contribution in [0.25, 0.3) is 0 Å². The molecule has 0 spiro atoms. The normalized spacial score (nSPS) is 22.3. The molecular weight excluding hydrogens is 266 g/mol. The number of hydrogen-bond donors (Lipinski definition) is 1. The number of carbonyl (C=O) groups is 2. The molecule has 1 aliphatic rings. The van der Waals surface area contributed by atoms with E-state index in [1.54, 1.807) is 25.1 Å². The summed E-state index contributed by atoms with van der Waals surface area (Å²) in [4.78, 5) is 25.3. The Hall–Kier alpha value is -1.53. The van der Waals surface area contributed by atoms with Crippen LogP contribution in [-0.2, 0) is 15.6 Å². The molecule has 0 saturated heterocycles. The van der Waals surface area contributed by atoms with Gasteiger partial charge in [0.1, 0.15) is 5.25 Å². The Morgan fingerprint density at radius 1 is 1.47 bits per heavy atom. The third-order valence-electron chi connectivity index (χ3n) is 3.13. The highest BCUT2D eigenvalue weighted by Gasteiger charge is 2.35. The lowest BCUT2D eigenvalue weighted by Gasteiger charge is -2.31. The van der Waals surface area contributed by atoms with E-state index in [2.05, 4.69) is 0 Å². The predicted octanol–water partition coefficient (Wildman–Crippen LogP) is 0.724. The SMILES string of the molecule is CC(=O)c1ccc2c(c1)S(=O)C(C)C(=O)N2CCO. The van der Waals surface area contributed by atoms with Crippen molar-refractivity contribution in [3.63, 3.8) is 0 Å². The second kappa shape index (κ2) is 5.22. The van der Waals surface area contributed by atoms with Gasteiger partial charge in [-0.05, 0) is 32.0 Å². The van der Waals surface area contributed by atoms with E-state index in [1.165, 1.54) is 11.8 Å². The molecule has 0 bridgehead atoms. The van der Waals surface area contributed by atoms with E-state index in [0.29, 0.717) is 16.1 Å². The van der Waals surface area contributed by atoms with Crippen LogP contribution in [-0.4, -0.2) is 39.4 Å². The average molecular weight is 281 g/mol. The fourth-order valence-electron chi connectivity index (χ4n) is 2.07. The lowest BCUT2D eigenvalue weighted by atomic mass is 10.1. The number of β-amino-alcohol motifs (C(OH)–C–C–N with tert-alkyl or cyclic N) is 1. The maximum atomic E-state index is 12.2. The van der Waals surface area contributed by atoms with Gasteiger partial charge in [0.2, 0.25) is 5.91 Å². The van der Waals surface area contributed by atoms with Crippen LogP contribution in [0.4, 0.5) is 5.69 Å². The summed E-state index contributed by atoms with van der Waals surface area (Å²) in [5.41, 5.74) is 0.984. The van der Waals surface area contributed by atoms with E-state index in [-0.39, 0.29) is 24.8 Å². The third-order valence-corrected chi connectivity index (χ3v) is 4.74. The largest absolute Gasteiger partial charge is 0.395 e. The van der Waals surface area contributed by atoms with Crippen molar-refractivity contribution < 1.29 is 18.9 Å². The van der Waals surface area contributed by atoms with Crippen LogP contribution in [0.5, 0.6) is 0 Å². The highest BCUT2D eigenvalue weighted by Crippen LogP contribution is 2.32. The quantitative estimate of drug-likeness (QED) is 0.829. The number of carbonyl (C=O) groups excluding carboxylic acids is 2. The van der Waals surface area contributed by atoms with Crippen molar-refractivity contribution in [2.24, 2.45) is 0 Å². The van der Waals surface area contributed by atoms with Gasteiger partial charge in [-0.1, -0.05) is 0 Å². The van der Waals surface area contributed by atoms with Gasteiger partial charge in [-0.15, -0.1) is 0 Å². The number of anilines is 1. The van der Waals surface area contributed by atoms with Gasteiger partial charge in [0.15, 0.2) is 5.78 Å². The van der Waals surface area contributed by atoms with E-state index in [1.807, 2.05) is 0 Å². The number of fused-ring (bicyclic) bond motifs is 1. The highest BCUT2D eigenvalue weighted by molar-refractivity contribution is 7.86. The van der Waals surface area contributed by atoms with Crippen molar-refractivity contribution in [3.05, 3.63) is 23.8 Å². The summed E-state index contributed by atoms with van der Waals surface area (Å²) in [5.74, 6) is -0.381. The molecule has 1 heterocycles. The van der Waals surface area contributed by atoms with Crippen LogP contribution in [0.2, 0.25) is 0 Å². The zero-order valence-electron chi connectivity index (χ0n) is 10.8. The molecule has 1 amide bonds. The van der Waals surface area contributed by atoms with Gasteiger partial charge in [0.25, 0.3) is 0 Å². The number of Topliss-reactive ketones (excluding diaryl/α,β-unsaturated/α-hetero) is 1. The van der Waals surface area contributed by atoms with E-state index >= 15 is 0 Å². The maximum absolute atomic E-state index is 12.2. The molecule has 6 heteroatoms. The molecule has 2 unspecified atom stereocenters. The Bertz CT molecular complexity index is 570. The Balaban J connectivity index is 2.57. The van der Waals surface area contributed by atoms with Gasteiger partial charge >= 0.3 is 0 Å². The molecule has 0 fully saturated rings. The average Bonchev–Trinajstić information content (AvgIpc) is 2.40. The molecule has 19 heavy (non-hydrogen) atoms. The second-order valence-electron chi connectivity index (χ2n) is 4.39. The lowest BCUT2D eigenvalue weighted by molar-refractivity contribution is -0.118. The molecular formula is C13H15NO4S. The first-order chi connectivity index (χ1) is 8.97. The summed E-state index contributed by atoms with van der Waals surface area (Å²) in [6.45, 7) is 3.02. The van der Waals surface area contributed by atoms with Crippen molar-refractivity contribution in [1.29, 1.82) is 0 Å². The predicted molar refractivity (Wildman–Crippen MR) is 71.8 cm³/mol. The molecule has 102 valence electrons. The first-order valence-electron chi connectivity index (χ1n) is 5.95. The molecule has 0 saturated carbocycles. The topological polar surface area (TPSA) is 74.7 Å². The van der Waals surface area contributed by atoms with Gasteiger partial charge in [0, 0.05) is 12.1 Å². The number of benzene rings is 1. The lowest BCUT2D eigenvalue weighted by Crippen LogP contribution is -2.45. The molecule has 2 rings (SSSR count). The summed E-state index contributed by atoms with van der Waals surface area (Å²) in [6.07, 6.45) is 0. The maximum Gasteiger partial charge on any atom is 0.242 e. The molecule has 0 aliphatic carbocycles. The molecule has 5 nitrogen and oxygen atoms in total. The summed E-state index contributed by atoms with van der Waals surface area (Å²) in [6, 6.07) is 4.79. The van der Waals surface area contributed by atoms with E-state index < -0.39 is 16.0 Å². The van der Waals surface area contributed by atoms with Crippen molar-refractivity contribution in [2.45, 2.75) is 24.0 Å². The molecule has 1 N–H and O–H groups in total. The van der Waals surface area contributed by atoms with Crippen LogP contribution in [0.3, 0.4) is 0 Å². The number of aliphatic hydroxyl groups excluding tert-OH is 1. The molecule has 1 aliphatic heterocycles. The van der Waals surface area contributed by atoms with Crippen LogP contribution in [0, 0.1) is 0 Å². The Morgan fingerprint density at radius 3 is 2.74 bits per heavy atom. The Kier molecular flexibility index (Phi) is 3.82. The summed E-state index contributed by atoms with van der Waals surface area (Å²) >= 11 is 0. The first-order valence-corrected chi connectivity index (χ1v) is 7.16.